The van der Waals surface area contributed by atoms with E-state index in [0.29, 0.717) is 42.2 Å². The molecular weight excluding hydrogens is 610 g/mol. The van der Waals surface area contributed by atoms with Gasteiger partial charge in [-0.05, 0) is 48.7 Å². The summed E-state index contributed by atoms with van der Waals surface area (Å²) in [6.45, 7) is 16.1. The van der Waals surface area contributed by atoms with Crippen molar-refractivity contribution in [2.24, 2.45) is 11.3 Å². The monoisotopic (exact) mass is 651 g/mol. The van der Waals surface area contributed by atoms with Crippen molar-refractivity contribution in [2.45, 2.75) is 97.3 Å². The van der Waals surface area contributed by atoms with Crippen molar-refractivity contribution in [3.05, 3.63) is 34.5 Å². The number of anilines is 3. The quantitative estimate of drug-likeness (QED) is 0.281. The summed E-state index contributed by atoms with van der Waals surface area (Å²) in [5.74, 6) is -0.810. The van der Waals surface area contributed by atoms with E-state index in [0.717, 1.165) is 24.6 Å². The molecule has 0 spiro atoms. The highest BCUT2D eigenvalue weighted by molar-refractivity contribution is 6.74. The van der Waals surface area contributed by atoms with Gasteiger partial charge in [-0.1, -0.05) is 59.1 Å². The number of halogens is 4. The fourth-order valence-electron chi connectivity index (χ4n) is 4.99. The smallest absolute Gasteiger partial charge is 0.413 e. The maximum atomic E-state index is 13.9. The van der Waals surface area contributed by atoms with Crippen LogP contribution in [0.15, 0.2) is 18.3 Å². The molecule has 1 aromatic heterocycles. The van der Waals surface area contributed by atoms with Crippen LogP contribution in [0.2, 0.25) is 23.2 Å². The molecule has 2 N–H and O–H groups in total. The minimum absolute atomic E-state index is 0.0327. The summed E-state index contributed by atoms with van der Waals surface area (Å²) >= 11 is 6.85. The molecule has 8 nitrogen and oxygen atoms in total. The van der Waals surface area contributed by atoms with Gasteiger partial charge in [-0.2, -0.15) is 23.4 Å². The van der Waals surface area contributed by atoms with Crippen molar-refractivity contribution in [1.82, 2.24) is 9.97 Å². The maximum Gasteiger partial charge on any atom is 0.495 e. The predicted molar refractivity (Wildman–Crippen MR) is 170 cm³/mol. The highest BCUT2D eigenvalue weighted by Gasteiger charge is 2.40. The van der Waals surface area contributed by atoms with Gasteiger partial charge in [0.05, 0.1) is 18.6 Å². The number of hydrogen-bond acceptors (Lipinski definition) is 8. The van der Waals surface area contributed by atoms with Gasteiger partial charge >= 0.3 is 13.3 Å². The number of rotatable bonds is 8. The Morgan fingerprint density at radius 3 is 2.43 bits per heavy atom. The van der Waals surface area contributed by atoms with Crippen LogP contribution in [0.3, 0.4) is 0 Å². The van der Waals surface area contributed by atoms with Crippen molar-refractivity contribution in [1.29, 1.82) is 5.26 Å². The van der Waals surface area contributed by atoms with Crippen LogP contribution in [-0.4, -0.2) is 44.7 Å². The van der Waals surface area contributed by atoms with Crippen molar-refractivity contribution < 1.29 is 26.9 Å². The summed E-state index contributed by atoms with van der Waals surface area (Å²) in [5.41, 5.74) is 0.734. The first kappa shape index (κ1) is 34.5. The third kappa shape index (κ3) is 8.26. The molecule has 2 atom stereocenters. The summed E-state index contributed by atoms with van der Waals surface area (Å²) in [4.78, 5) is 8.20. The molecule has 1 aliphatic heterocycles. The Hall–Kier alpha value is -2.37. The zero-order valence-electron chi connectivity index (χ0n) is 26.5. The molecule has 2 unspecified atom stereocenters. The van der Waals surface area contributed by atoms with E-state index in [-0.39, 0.29) is 28.8 Å². The van der Waals surface area contributed by atoms with Gasteiger partial charge in [0.2, 0.25) is 5.95 Å². The maximum absolute atomic E-state index is 13.9. The van der Waals surface area contributed by atoms with Gasteiger partial charge in [0.1, 0.15) is 11.4 Å². The van der Waals surface area contributed by atoms with E-state index in [2.05, 4.69) is 74.4 Å². The van der Waals surface area contributed by atoms with Gasteiger partial charge in [0.15, 0.2) is 8.32 Å². The van der Waals surface area contributed by atoms with Crippen LogP contribution in [0.1, 0.15) is 71.4 Å². The van der Waals surface area contributed by atoms with Gasteiger partial charge in [0, 0.05) is 47.0 Å². The van der Waals surface area contributed by atoms with Gasteiger partial charge in [-0.3, -0.25) is 0 Å². The molecule has 0 bridgehead atoms. The molecule has 4 rings (SSSR count). The third-order valence-corrected chi connectivity index (χ3v) is 13.5. The Bertz CT molecular complexity index is 1370. The van der Waals surface area contributed by atoms with Crippen LogP contribution >= 0.6 is 11.6 Å². The van der Waals surface area contributed by atoms with E-state index in [1.165, 1.54) is 0 Å². The second-order valence-corrected chi connectivity index (χ2v) is 19.3. The van der Waals surface area contributed by atoms with E-state index < -0.39 is 39.1 Å². The SMILES string of the molecule is CC1(C)COB(c2c(Cl)cc(Nc3ncc(C(F)(F)F)c(NC4CCCCC4C#N)n3)cc2CO[Si](C)(C)C(C)(C)C)OC1. The van der Waals surface area contributed by atoms with E-state index in [4.69, 9.17) is 25.3 Å². The lowest BCUT2D eigenvalue weighted by Crippen LogP contribution is -2.49. The van der Waals surface area contributed by atoms with Crippen molar-refractivity contribution in [3.63, 3.8) is 0 Å². The molecule has 240 valence electrons. The number of nitrogens with one attached hydrogen (secondary N) is 2. The molecule has 0 radical (unpaired) electrons. The molecular formula is C30H42BClF3N5O3Si. The number of aromatic nitrogens is 2. The average molecular weight is 652 g/mol. The van der Waals surface area contributed by atoms with Crippen molar-refractivity contribution in [2.75, 3.05) is 23.8 Å². The van der Waals surface area contributed by atoms with Crippen LogP contribution in [-0.2, 0) is 26.5 Å². The van der Waals surface area contributed by atoms with Crippen molar-refractivity contribution in [3.8, 4) is 6.07 Å². The molecule has 2 fully saturated rings. The zero-order chi connectivity index (χ0) is 32.5. The summed E-state index contributed by atoms with van der Waals surface area (Å²) < 4.78 is 60.5. The lowest BCUT2D eigenvalue weighted by Gasteiger charge is -2.37. The Morgan fingerprint density at radius 1 is 1.16 bits per heavy atom. The fourth-order valence-corrected chi connectivity index (χ4v) is 6.26. The van der Waals surface area contributed by atoms with Crippen LogP contribution in [0.25, 0.3) is 0 Å². The largest absolute Gasteiger partial charge is 0.495 e. The Labute approximate surface area is 264 Å². The van der Waals surface area contributed by atoms with E-state index >= 15 is 0 Å². The van der Waals surface area contributed by atoms with Gasteiger partial charge in [-0.15, -0.1) is 0 Å². The van der Waals surface area contributed by atoms with E-state index in [9.17, 15) is 18.4 Å². The minimum Gasteiger partial charge on any atom is -0.413 e. The zero-order valence-corrected chi connectivity index (χ0v) is 28.2. The Morgan fingerprint density at radius 2 is 1.82 bits per heavy atom. The summed E-state index contributed by atoms with van der Waals surface area (Å²) in [5, 5.41) is 15.8. The molecule has 1 saturated carbocycles. The number of nitrogens with zero attached hydrogens (tertiary/aromatic N) is 3. The summed E-state index contributed by atoms with van der Waals surface area (Å²) in [7, 11) is -2.85. The van der Waals surface area contributed by atoms with Crippen LogP contribution in [0.5, 0.6) is 0 Å². The summed E-state index contributed by atoms with van der Waals surface area (Å²) in [6.07, 6.45) is -1.02. The number of nitriles is 1. The second kappa shape index (κ2) is 13.2. The second-order valence-electron chi connectivity index (χ2n) is 14.0. The summed E-state index contributed by atoms with van der Waals surface area (Å²) in [6, 6.07) is 5.26. The van der Waals surface area contributed by atoms with Gasteiger partial charge < -0.3 is 24.4 Å². The highest BCUT2D eigenvalue weighted by Crippen LogP contribution is 2.38. The average Bonchev–Trinajstić information content (AvgIpc) is 2.91. The lowest BCUT2D eigenvalue weighted by molar-refractivity contribution is -0.137. The first-order valence-electron chi connectivity index (χ1n) is 15.0. The minimum atomic E-state index is -4.68. The first-order valence-corrected chi connectivity index (χ1v) is 18.3. The molecule has 0 amide bonds. The Kier molecular flexibility index (Phi) is 10.3. The molecule has 2 heterocycles. The third-order valence-electron chi connectivity index (χ3n) is 8.70. The fraction of sp³-hybridized carbons (Fsp3) is 0.633. The predicted octanol–water partition coefficient (Wildman–Crippen LogP) is 7.68. The standard InChI is InChI=1S/C30H42BClF3N5O3Si/c1-28(2,3)44(6,7)43-16-20-12-21(13-23(32)25(20)31-41-17-29(4,5)18-42-31)38-27-37-15-22(30(33,34)35)26(40-27)39-24-11-9-8-10-19(24)14-36/h12-13,15,19,24H,8-11,16-18H2,1-7H3,(H2,37,38,39,40). The number of benzene rings is 1. The van der Waals surface area contributed by atoms with Gasteiger partial charge in [-0.25, -0.2) is 4.98 Å². The molecule has 1 saturated heterocycles. The van der Waals surface area contributed by atoms with Crippen molar-refractivity contribution >= 4 is 50.0 Å². The molecule has 44 heavy (non-hydrogen) atoms. The molecule has 1 aliphatic carbocycles. The molecule has 2 aliphatic rings. The Balaban J connectivity index is 1.67. The van der Waals surface area contributed by atoms with E-state index in [1.54, 1.807) is 6.07 Å². The van der Waals surface area contributed by atoms with Gasteiger partial charge in [0.25, 0.3) is 0 Å². The molecule has 2 aromatic rings. The molecule has 14 heteroatoms. The van der Waals surface area contributed by atoms with E-state index in [1.807, 2.05) is 6.07 Å². The number of alkyl halides is 3. The molecule has 1 aromatic carbocycles. The van der Waals surface area contributed by atoms with Crippen LogP contribution in [0.4, 0.5) is 30.6 Å². The number of hydrogen-bond donors (Lipinski definition) is 2. The highest BCUT2D eigenvalue weighted by atomic mass is 35.5. The van der Waals surface area contributed by atoms with Crippen LogP contribution < -0.4 is 16.1 Å². The first-order chi connectivity index (χ1) is 20.4. The lowest BCUT2D eigenvalue weighted by atomic mass is 9.73. The van der Waals surface area contributed by atoms with Crippen LogP contribution in [0, 0.1) is 22.7 Å². The normalized spacial score (nSPS) is 21.1. The topological polar surface area (TPSA) is 101 Å².